The predicted molar refractivity (Wildman–Crippen MR) is 80.6 cm³/mol. The van der Waals surface area contributed by atoms with Crippen molar-refractivity contribution >= 4 is 23.1 Å². The summed E-state index contributed by atoms with van der Waals surface area (Å²) in [6, 6.07) is 3.76. The number of rotatable bonds is 7. The smallest absolute Gasteiger partial charge is 0.381 e. The Morgan fingerprint density at radius 1 is 1.33 bits per heavy atom. The largest absolute Gasteiger partial charge is 0.460 e. The highest BCUT2D eigenvalue weighted by atomic mass is 32.1. The molecule has 21 heavy (non-hydrogen) atoms. The lowest BCUT2D eigenvalue weighted by Gasteiger charge is -2.09. The molecule has 0 spiro atoms. The van der Waals surface area contributed by atoms with Crippen molar-refractivity contribution in [1.82, 2.24) is 4.57 Å². The zero-order valence-electron chi connectivity index (χ0n) is 12.0. The van der Waals surface area contributed by atoms with E-state index in [4.69, 9.17) is 9.47 Å². The summed E-state index contributed by atoms with van der Waals surface area (Å²) in [7, 11) is 1.59. The van der Waals surface area contributed by atoms with Gasteiger partial charge in [0.2, 0.25) is 0 Å². The molecule has 6 heteroatoms. The topological polar surface area (TPSA) is 57.5 Å². The number of ether oxygens (including phenoxy) is 2. The third-order valence-corrected chi connectivity index (χ3v) is 3.69. The lowest BCUT2D eigenvalue weighted by atomic mass is 10.1. The Bertz CT molecular complexity index is 616. The van der Waals surface area contributed by atoms with Gasteiger partial charge >= 0.3 is 5.97 Å². The van der Waals surface area contributed by atoms with E-state index in [9.17, 15) is 9.59 Å². The van der Waals surface area contributed by atoms with Gasteiger partial charge in [-0.25, -0.2) is 4.79 Å². The molecule has 0 fully saturated rings. The molecule has 0 bridgehead atoms. The first kappa shape index (κ1) is 15.5. The van der Waals surface area contributed by atoms with E-state index in [1.807, 2.05) is 22.9 Å². The van der Waals surface area contributed by atoms with Crippen LogP contribution in [0.2, 0.25) is 0 Å². The molecular formula is C15H17NO4S. The van der Waals surface area contributed by atoms with Crippen LogP contribution in [0.15, 0.2) is 29.1 Å². The maximum absolute atomic E-state index is 12.4. The fourth-order valence-electron chi connectivity index (χ4n) is 2.05. The second kappa shape index (κ2) is 7.19. The molecule has 112 valence electrons. The van der Waals surface area contributed by atoms with Crippen molar-refractivity contribution in [3.63, 3.8) is 0 Å². The number of hydrogen-bond acceptors (Lipinski definition) is 5. The van der Waals surface area contributed by atoms with Crippen molar-refractivity contribution in [1.29, 1.82) is 0 Å². The molecule has 0 radical (unpaired) electrons. The van der Waals surface area contributed by atoms with Crippen LogP contribution in [0.4, 0.5) is 0 Å². The fraction of sp³-hybridized carbons (Fsp3) is 0.333. The Balaban J connectivity index is 2.41. The maximum atomic E-state index is 12.4. The summed E-state index contributed by atoms with van der Waals surface area (Å²) in [6.07, 6.45) is 1.79. The van der Waals surface area contributed by atoms with E-state index in [0.717, 1.165) is 11.1 Å². The Labute approximate surface area is 127 Å². The Hall–Kier alpha value is -1.92. The van der Waals surface area contributed by atoms with Crippen LogP contribution in [-0.4, -0.2) is 36.6 Å². The molecular weight excluding hydrogens is 290 g/mol. The average Bonchev–Trinajstić information content (AvgIpc) is 3.13. The summed E-state index contributed by atoms with van der Waals surface area (Å²) in [6.45, 7) is 2.81. The molecule has 0 aliphatic rings. The monoisotopic (exact) mass is 307 g/mol. The molecule has 2 rings (SSSR count). The van der Waals surface area contributed by atoms with Crippen molar-refractivity contribution in [2.45, 2.75) is 13.5 Å². The third kappa shape index (κ3) is 3.40. The van der Waals surface area contributed by atoms with Gasteiger partial charge in [0.05, 0.1) is 13.2 Å². The second-order valence-corrected chi connectivity index (χ2v) is 5.11. The molecule has 0 aromatic carbocycles. The number of nitrogens with zero attached hydrogens (tertiary/aromatic N) is 1. The molecule has 0 saturated heterocycles. The molecule has 2 aromatic heterocycles. The van der Waals surface area contributed by atoms with Crippen molar-refractivity contribution in [3.05, 3.63) is 34.8 Å². The van der Waals surface area contributed by atoms with Crippen LogP contribution < -0.4 is 0 Å². The molecule has 0 aliphatic carbocycles. The van der Waals surface area contributed by atoms with Gasteiger partial charge in [-0.3, -0.25) is 4.79 Å². The zero-order chi connectivity index (χ0) is 15.2. The highest BCUT2D eigenvalue weighted by Gasteiger charge is 2.25. The summed E-state index contributed by atoms with van der Waals surface area (Å²) >= 11 is 1.54. The van der Waals surface area contributed by atoms with Crippen molar-refractivity contribution < 1.29 is 19.1 Å². The minimum atomic E-state index is -0.827. The SMILES string of the molecule is CCOC(=O)C(=O)c1c(-c2ccsc2)ccn1CCOC. The van der Waals surface area contributed by atoms with Crippen LogP contribution in [0.25, 0.3) is 11.1 Å². The quantitative estimate of drug-likeness (QED) is 0.448. The van der Waals surface area contributed by atoms with Crippen molar-refractivity contribution in [3.8, 4) is 11.1 Å². The molecule has 2 aromatic rings. The number of methoxy groups -OCH3 is 1. The first-order valence-electron chi connectivity index (χ1n) is 6.61. The molecule has 0 amide bonds. The van der Waals surface area contributed by atoms with Crippen LogP contribution in [-0.2, 0) is 20.8 Å². The van der Waals surface area contributed by atoms with E-state index in [1.54, 1.807) is 24.8 Å². The van der Waals surface area contributed by atoms with Gasteiger partial charge < -0.3 is 14.0 Å². The van der Waals surface area contributed by atoms with E-state index >= 15 is 0 Å². The number of esters is 1. The number of hydrogen-bond donors (Lipinski definition) is 0. The lowest BCUT2D eigenvalue weighted by Crippen LogP contribution is -2.22. The standard InChI is InChI=1S/C15H17NO4S/c1-3-20-15(18)14(17)13-12(11-5-9-21-10-11)4-6-16(13)7-8-19-2/h4-6,9-10H,3,7-8H2,1-2H3. The summed E-state index contributed by atoms with van der Waals surface area (Å²) in [4.78, 5) is 24.1. The van der Waals surface area contributed by atoms with E-state index in [0.29, 0.717) is 18.8 Å². The molecule has 0 atom stereocenters. The number of thiophene rings is 1. The first-order chi connectivity index (χ1) is 10.2. The Morgan fingerprint density at radius 3 is 2.76 bits per heavy atom. The summed E-state index contributed by atoms with van der Waals surface area (Å²) < 4.78 is 11.6. The van der Waals surface area contributed by atoms with E-state index in [-0.39, 0.29) is 6.61 Å². The van der Waals surface area contributed by atoms with Crippen LogP contribution >= 0.6 is 11.3 Å². The molecule has 0 aliphatic heterocycles. The van der Waals surface area contributed by atoms with Gasteiger partial charge in [-0.1, -0.05) is 0 Å². The minimum Gasteiger partial charge on any atom is -0.460 e. The molecule has 0 N–H and O–H groups in total. The highest BCUT2D eigenvalue weighted by molar-refractivity contribution is 7.08. The van der Waals surface area contributed by atoms with Gasteiger partial charge in [0.15, 0.2) is 0 Å². The summed E-state index contributed by atoms with van der Waals surface area (Å²) in [5.41, 5.74) is 2.01. The van der Waals surface area contributed by atoms with E-state index in [2.05, 4.69) is 0 Å². The average molecular weight is 307 g/mol. The highest BCUT2D eigenvalue weighted by Crippen LogP contribution is 2.27. The maximum Gasteiger partial charge on any atom is 0.381 e. The van der Waals surface area contributed by atoms with Crippen molar-refractivity contribution in [2.75, 3.05) is 20.3 Å². The van der Waals surface area contributed by atoms with Crippen LogP contribution in [0, 0.1) is 0 Å². The van der Waals surface area contributed by atoms with Gasteiger partial charge in [-0.05, 0) is 35.4 Å². The minimum absolute atomic E-state index is 0.178. The van der Waals surface area contributed by atoms with Gasteiger partial charge in [-0.15, -0.1) is 0 Å². The molecule has 5 nitrogen and oxygen atoms in total. The molecule has 0 unspecified atom stereocenters. The van der Waals surface area contributed by atoms with E-state index in [1.165, 1.54) is 11.3 Å². The lowest BCUT2D eigenvalue weighted by molar-refractivity contribution is -0.137. The molecule has 0 saturated carbocycles. The van der Waals surface area contributed by atoms with Gasteiger partial charge in [-0.2, -0.15) is 11.3 Å². The Morgan fingerprint density at radius 2 is 2.14 bits per heavy atom. The predicted octanol–water partition coefficient (Wildman–Crippen LogP) is 2.61. The normalized spacial score (nSPS) is 10.6. The second-order valence-electron chi connectivity index (χ2n) is 4.33. The number of aromatic nitrogens is 1. The number of Topliss-reactive ketones (excluding diaryl/α,β-unsaturated/α-hetero) is 1. The summed E-state index contributed by atoms with van der Waals surface area (Å²) in [5, 5.41) is 3.87. The molecule has 2 heterocycles. The van der Waals surface area contributed by atoms with Crippen molar-refractivity contribution in [2.24, 2.45) is 0 Å². The van der Waals surface area contributed by atoms with Gasteiger partial charge in [0.25, 0.3) is 5.78 Å². The first-order valence-corrected chi connectivity index (χ1v) is 7.55. The number of ketones is 1. The van der Waals surface area contributed by atoms with Crippen LogP contribution in [0.1, 0.15) is 17.4 Å². The van der Waals surface area contributed by atoms with Crippen LogP contribution in [0.5, 0.6) is 0 Å². The third-order valence-electron chi connectivity index (χ3n) is 3.01. The fourth-order valence-corrected chi connectivity index (χ4v) is 2.70. The summed E-state index contributed by atoms with van der Waals surface area (Å²) in [5.74, 6) is -1.45. The van der Waals surface area contributed by atoms with Crippen LogP contribution in [0.3, 0.4) is 0 Å². The number of carbonyl (C=O) groups excluding carboxylic acids is 2. The number of carbonyl (C=O) groups is 2. The Kier molecular flexibility index (Phi) is 5.30. The van der Waals surface area contributed by atoms with Gasteiger partial charge in [0, 0.05) is 25.4 Å². The zero-order valence-corrected chi connectivity index (χ0v) is 12.8. The van der Waals surface area contributed by atoms with Gasteiger partial charge in [0.1, 0.15) is 5.69 Å². The van der Waals surface area contributed by atoms with E-state index < -0.39 is 11.8 Å².